The van der Waals surface area contributed by atoms with E-state index in [0.717, 1.165) is 28.1 Å². The van der Waals surface area contributed by atoms with Crippen LogP contribution in [0.3, 0.4) is 0 Å². The molecule has 0 bridgehead atoms. The summed E-state index contributed by atoms with van der Waals surface area (Å²) in [6.07, 6.45) is -2.75. The molecule has 0 aromatic carbocycles. The maximum Gasteiger partial charge on any atom is 0.280 e. The van der Waals surface area contributed by atoms with Gasteiger partial charge in [-0.3, -0.25) is 41.2 Å². The lowest BCUT2D eigenvalue weighted by atomic mass is 10.1. The number of anilines is 2. The highest BCUT2D eigenvalue weighted by Gasteiger charge is 2.45. The summed E-state index contributed by atoms with van der Waals surface area (Å²) in [6, 6.07) is 0. The van der Waals surface area contributed by atoms with Crippen molar-refractivity contribution in [3.63, 3.8) is 0 Å². The number of nitrogens with two attached hydrogens (primary N) is 2. The maximum atomic E-state index is 12.6. The highest BCUT2D eigenvalue weighted by molar-refractivity contribution is 7.74. The molecule has 1 aliphatic heterocycles. The Hall–Kier alpha value is -3.69. The van der Waals surface area contributed by atoms with Gasteiger partial charge in [0.05, 0.1) is 33.4 Å². The summed E-state index contributed by atoms with van der Waals surface area (Å²) in [7, 11) is -23.4. The fourth-order valence-corrected chi connectivity index (χ4v) is 10.6. The molecule has 56 heavy (non-hydrogen) atoms. The second-order valence-corrected chi connectivity index (χ2v) is 18.0. The summed E-state index contributed by atoms with van der Waals surface area (Å²) >= 11 is 0. The molecule has 4 aromatic heterocycles. The molecule has 0 amide bonds. The first-order chi connectivity index (χ1) is 26.0. The number of fused-ring (bicyclic) bond motifs is 2. The van der Waals surface area contributed by atoms with Crippen LogP contribution in [-0.4, -0.2) is 104 Å². The Kier molecular flexibility index (Phi) is 12.9. The van der Waals surface area contributed by atoms with E-state index in [-0.39, 0.29) is 40.7 Å². The number of aliphatic hydroxyl groups excluding tert-OH is 4. The molecule has 1 fully saturated rings. The van der Waals surface area contributed by atoms with Crippen LogP contribution in [0.5, 0.6) is 0 Å². The molecular formula is C23H31N11O18P4-4. The molecule has 33 heteroatoms. The van der Waals surface area contributed by atoms with Crippen molar-refractivity contribution < 1.29 is 80.8 Å². The molecule has 6 unspecified atom stereocenters. The number of hydrogen-bond donors (Lipinski definition) is 8. The largest absolute Gasteiger partial charge is 0.788 e. The Morgan fingerprint density at radius 1 is 1.02 bits per heavy atom. The van der Waals surface area contributed by atoms with E-state index in [1.165, 1.54) is 6.92 Å². The highest BCUT2D eigenvalue weighted by Crippen LogP contribution is 2.61. The Labute approximate surface area is 312 Å². The Morgan fingerprint density at radius 2 is 1.70 bits per heavy atom. The predicted molar refractivity (Wildman–Crippen MR) is 180 cm³/mol. The van der Waals surface area contributed by atoms with Crippen molar-refractivity contribution in [3.05, 3.63) is 40.9 Å². The number of hydrogen-bond acceptors (Lipinski definition) is 25. The van der Waals surface area contributed by atoms with Crippen LogP contribution in [-0.2, 0) is 40.8 Å². The summed E-state index contributed by atoms with van der Waals surface area (Å²) in [5.41, 5.74) is 10.4. The molecule has 1 saturated heterocycles. The third-order valence-electron chi connectivity index (χ3n) is 7.26. The van der Waals surface area contributed by atoms with Crippen molar-refractivity contribution in [3.8, 4) is 0 Å². The molecule has 29 nitrogen and oxygen atoms in total. The zero-order valence-corrected chi connectivity index (χ0v) is 31.8. The Bertz CT molecular complexity index is 2370. The van der Waals surface area contributed by atoms with Crippen LogP contribution < -0.4 is 41.5 Å². The number of H-pyrrole nitrogens is 1. The number of phosphoric ester groups is 1. The fourth-order valence-electron chi connectivity index (χ4n) is 4.96. The van der Waals surface area contributed by atoms with Gasteiger partial charge >= 0.3 is 0 Å². The topological polar surface area (TPSA) is 451 Å². The van der Waals surface area contributed by atoms with Gasteiger partial charge in [0.1, 0.15) is 35.9 Å². The smallest absolute Gasteiger partial charge is 0.280 e. The van der Waals surface area contributed by atoms with Crippen LogP contribution in [0, 0.1) is 0 Å². The van der Waals surface area contributed by atoms with Gasteiger partial charge in [-0.05, 0) is 6.92 Å². The van der Waals surface area contributed by atoms with Crippen LogP contribution in [0.2, 0.25) is 0 Å². The number of nitrogens with zero attached hydrogens (tertiary/aromatic N) is 7. The van der Waals surface area contributed by atoms with Crippen LogP contribution in [0.1, 0.15) is 25.8 Å². The molecule has 5 heterocycles. The van der Waals surface area contributed by atoms with Gasteiger partial charge in [0.25, 0.3) is 13.4 Å². The first-order valence-corrected chi connectivity index (χ1v) is 21.6. The first-order valence-electron chi connectivity index (χ1n) is 15.3. The predicted octanol–water partition coefficient (Wildman–Crippen LogP) is -3.39. The average Bonchev–Trinajstić information content (AvgIpc) is 3.77. The molecular weight excluding hydrogens is 842 g/mol. The number of nitrogen functional groups attached to an aromatic ring is 2. The SMILES string of the molecule is C=P([O-])(OCC/C(O)=C(/O)[C@@H](OCC)n1cnc2c(=O)[nH]c(N)nc21)OP(=O)([O-])NP(=O)([O-])OP(=O)([O-])OC[C@H]1O[C@@H](n2cnc3c(N)ncnc32)C(O)C1O. The lowest BCUT2D eigenvalue weighted by Crippen LogP contribution is -2.34. The van der Waals surface area contributed by atoms with Crippen molar-refractivity contribution in [1.29, 1.82) is 0 Å². The third-order valence-corrected chi connectivity index (χ3v) is 13.8. The second kappa shape index (κ2) is 16.7. The highest BCUT2D eigenvalue weighted by atomic mass is 31.3. The minimum atomic E-state index is -6.25. The van der Waals surface area contributed by atoms with Crippen molar-refractivity contribution in [2.24, 2.45) is 0 Å². The van der Waals surface area contributed by atoms with Gasteiger partial charge in [-0.2, -0.15) is 9.84 Å². The number of aromatic nitrogens is 8. The lowest BCUT2D eigenvalue weighted by molar-refractivity contribution is -0.236. The molecule has 0 radical (unpaired) electrons. The number of nitrogens with one attached hydrogen (secondary N) is 2. The summed E-state index contributed by atoms with van der Waals surface area (Å²) in [5.74, 6) is -2.10. The molecule has 0 saturated carbocycles. The molecule has 1 aliphatic rings. The van der Waals surface area contributed by atoms with E-state index in [1.54, 1.807) is 0 Å². The fraction of sp³-hybridized carbons (Fsp3) is 0.435. The summed E-state index contributed by atoms with van der Waals surface area (Å²) < 4.78 is 67.2. The van der Waals surface area contributed by atoms with Crippen molar-refractivity contribution in [2.45, 2.75) is 44.1 Å². The minimum Gasteiger partial charge on any atom is -0.788 e. The average molecular weight is 873 g/mol. The van der Waals surface area contributed by atoms with Crippen LogP contribution in [0.4, 0.5) is 11.8 Å². The Morgan fingerprint density at radius 3 is 2.39 bits per heavy atom. The normalized spacial score (nSPS) is 24.3. The first kappa shape index (κ1) is 43.4. The van der Waals surface area contributed by atoms with E-state index in [0.29, 0.717) is 4.86 Å². The van der Waals surface area contributed by atoms with Crippen molar-refractivity contribution in [2.75, 3.05) is 31.3 Å². The molecule has 0 spiro atoms. The van der Waals surface area contributed by atoms with Crippen LogP contribution in [0.25, 0.3) is 22.3 Å². The quantitative estimate of drug-likeness (QED) is 0.0357. The number of ether oxygens (including phenoxy) is 2. The van der Waals surface area contributed by atoms with Gasteiger partial charge < -0.3 is 70.0 Å². The molecule has 310 valence electrons. The molecule has 0 aliphatic carbocycles. The summed E-state index contributed by atoms with van der Waals surface area (Å²) in [6.45, 7) is -0.611. The zero-order valence-electron chi connectivity index (χ0n) is 28.2. The molecule has 4 aromatic rings. The monoisotopic (exact) mass is 873 g/mol. The molecule has 10 N–H and O–H groups in total. The van der Waals surface area contributed by atoms with E-state index in [9.17, 15) is 58.5 Å². The number of imidazole rings is 2. The number of rotatable bonds is 18. The van der Waals surface area contributed by atoms with Gasteiger partial charge in [-0.15, -0.1) is 0 Å². The van der Waals surface area contributed by atoms with Crippen molar-refractivity contribution >= 4 is 71.3 Å². The van der Waals surface area contributed by atoms with Gasteiger partial charge in [-0.25, -0.2) is 19.9 Å². The lowest BCUT2D eigenvalue weighted by Gasteiger charge is -2.40. The van der Waals surface area contributed by atoms with Gasteiger partial charge in [0.15, 0.2) is 40.8 Å². The number of aromatic amines is 1. The molecule has 5 rings (SSSR count). The summed E-state index contributed by atoms with van der Waals surface area (Å²) in [5, 5.41) is 42.0. The summed E-state index contributed by atoms with van der Waals surface area (Å²) in [4.78, 5) is 84.1. The standard InChI is InChI=1S/C23H34N11O18P4/c1-3-47-21(34-9-29-13-19(34)30-23(25)31-20(13)39)14(36)10(35)4-5-48-53(2,40)51-54(41,42)32-55(43,44)52-56(45,46)49-6-11-15(37)16(38)22(50-11)33-8-28-12-17(24)26-7-27-18(12)33/h7-9,11,15-16,21-22,37-38H,2-6H2,1H3,(H11-,24,25,26,27,30,31,32,35,36,39,40,41,42,43,44,45,46)/q-1/p-3/b14-10-/t11-,15?,16?,21-,22-,53?/m1/s1. The van der Waals surface area contributed by atoms with E-state index < -0.39 is 98.4 Å². The number of phosphoric acid groups is 1. The van der Waals surface area contributed by atoms with Gasteiger partial charge in [-0.1, -0.05) is 6.30 Å². The Balaban J connectivity index is 1.14. The van der Waals surface area contributed by atoms with Crippen LogP contribution in [0.15, 0.2) is 35.3 Å². The van der Waals surface area contributed by atoms with Gasteiger partial charge in [0, 0.05) is 13.0 Å². The van der Waals surface area contributed by atoms with E-state index in [4.69, 9.17) is 25.5 Å². The third kappa shape index (κ3) is 10.1. The van der Waals surface area contributed by atoms with E-state index >= 15 is 0 Å². The second-order valence-electron chi connectivity index (χ2n) is 11.2. The number of aliphatic hydroxyl groups is 4. The van der Waals surface area contributed by atoms with Gasteiger partial charge in [0.2, 0.25) is 21.4 Å². The minimum absolute atomic E-state index is 0.0230. The van der Waals surface area contributed by atoms with E-state index in [1.807, 2.05) is 0 Å². The van der Waals surface area contributed by atoms with E-state index in [2.05, 4.69) is 49.3 Å². The molecule has 9 atom stereocenters. The van der Waals surface area contributed by atoms with Crippen molar-refractivity contribution in [1.82, 2.24) is 43.9 Å². The maximum absolute atomic E-state index is 12.6. The zero-order chi connectivity index (χ0) is 41.4. The van der Waals surface area contributed by atoms with Crippen LogP contribution >= 0.6 is 30.9 Å².